The van der Waals surface area contributed by atoms with Gasteiger partial charge in [0.05, 0.1) is 22.5 Å². The van der Waals surface area contributed by atoms with E-state index in [1.807, 2.05) is 5.92 Å². The van der Waals surface area contributed by atoms with Crippen molar-refractivity contribution in [2.45, 2.75) is 18.6 Å². The van der Waals surface area contributed by atoms with Gasteiger partial charge in [-0.2, -0.15) is 0 Å². The summed E-state index contributed by atoms with van der Waals surface area (Å²) in [5.41, 5.74) is -2.34. The average Bonchev–Trinajstić information content (AvgIpc) is 3.18. The summed E-state index contributed by atoms with van der Waals surface area (Å²) in [5, 5.41) is 8.67. The highest BCUT2D eigenvalue weighted by molar-refractivity contribution is 5.94. The predicted octanol–water partition coefficient (Wildman–Crippen LogP) is 2.24. The number of hydrogen-bond donors (Lipinski definition) is 1. The number of fused-ring (bicyclic) bond motifs is 1. The molecule has 1 aromatic carbocycles. The van der Waals surface area contributed by atoms with Crippen LogP contribution in [-0.2, 0) is 0 Å². The molecule has 1 fully saturated rings. The highest BCUT2D eigenvalue weighted by atomic mass is 19.2. The molecule has 7 heteroatoms. The number of terminal acetylenes is 1. The maximum atomic E-state index is 13.8. The van der Waals surface area contributed by atoms with Crippen molar-refractivity contribution < 1.29 is 23.1 Å². The lowest BCUT2D eigenvalue weighted by Gasteiger charge is -2.14. The standard InChI is InChI=1S/C15H8F3NO3/c1-2-6-12(18)10(17)3-7-13(6)19(11-4-9(11)16)5-8(14(7)20)15(21)22/h1,3,5,9,11H,4H2,(H,21,22)/t9-,11-/m1/s1. The number of carboxylic acids is 1. The quantitative estimate of drug-likeness (QED) is 0.866. The Labute approximate surface area is 121 Å². The van der Waals surface area contributed by atoms with Crippen molar-refractivity contribution in [2.75, 3.05) is 0 Å². The van der Waals surface area contributed by atoms with Gasteiger partial charge in [-0.25, -0.2) is 18.0 Å². The smallest absolute Gasteiger partial charge is 0.341 e. The van der Waals surface area contributed by atoms with Gasteiger partial charge >= 0.3 is 5.97 Å². The molecule has 1 aliphatic rings. The zero-order valence-electron chi connectivity index (χ0n) is 10.9. The normalized spacial score (nSPS) is 19.9. The van der Waals surface area contributed by atoms with Crippen molar-refractivity contribution in [1.29, 1.82) is 0 Å². The first-order chi connectivity index (χ1) is 10.4. The molecule has 2 aromatic rings. The molecule has 0 saturated heterocycles. The fourth-order valence-corrected chi connectivity index (χ4v) is 2.45. The molecular weight excluding hydrogens is 299 g/mol. The Morgan fingerprint density at radius 3 is 2.59 bits per heavy atom. The molecule has 1 N–H and O–H groups in total. The molecule has 0 spiro atoms. The molecule has 0 radical (unpaired) electrons. The first-order valence-electron chi connectivity index (χ1n) is 6.27. The summed E-state index contributed by atoms with van der Waals surface area (Å²) in [6, 6.07) is -0.162. The van der Waals surface area contributed by atoms with E-state index in [0.717, 1.165) is 10.8 Å². The molecule has 2 atom stereocenters. The maximum absolute atomic E-state index is 13.8. The van der Waals surface area contributed by atoms with E-state index in [-0.39, 0.29) is 17.3 Å². The van der Waals surface area contributed by atoms with Crippen LogP contribution < -0.4 is 5.43 Å². The fourth-order valence-electron chi connectivity index (χ4n) is 2.45. The van der Waals surface area contributed by atoms with Crippen LogP contribution >= 0.6 is 0 Å². The van der Waals surface area contributed by atoms with Crippen molar-refractivity contribution in [2.24, 2.45) is 0 Å². The van der Waals surface area contributed by atoms with Crippen molar-refractivity contribution in [3.63, 3.8) is 0 Å². The van der Waals surface area contributed by atoms with Crippen LogP contribution in [0.25, 0.3) is 10.9 Å². The van der Waals surface area contributed by atoms with Crippen LogP contribution in [0.3, 0.4) is 0 Å². The number of alkyl halides is 1. The van der Waals surface area contributed by atoms with Gasteiger partial charge in [0, 0.05) is 12.6 Å². The largest absolute Gasteiger partial charge is 0.477 e. The molecule has 1 aliphatic carbocycles. The number of carboxylic acid groups (broad SMARTS) is 1. The minimum atomic E-state index is -1.54. The summed E-state index contributed by atoms with van der Waals surface area (Å²) in [4.78, 5) is 23.3. The van der Waals surface area contributed by atoms with E-state index in [4.69, 9.17) is 11.5 Å². The lowest BCUT2D eigenvalue weighted by molar-refractivity contribution is 0.0694. The SMILES string of the molecule is C#Cc1c(F)c(F)cc2c(=O)c(C(=O)O)cn([C@@H]3C[C@H]3F)c12. The van der Waals surface area contributed by atoms with Crippen LogP contribution in [0, 0.1) is 24.0 Å². The van der Waals surface area contributed by atoms with Crippen molar-refractivity contribution >= 4 is 16.9 Å². The van der Waals surface area contributed by atoms with Crippen LogP contribution in [0.5, 0.6) is 0 Å². The maximum Gasteiger partial charge on any atom is 0.341 e. The summed E-state index contributed by atoms with van der Waals surface area (Å²) >= 11 is 0. The van der Waals surface area contributed by atoms with Crippen LogP contribution in [0.1, 0.15) is 28.4 Å². The number of halogens is 3. The molecule has 0 unspecified atom stereocenters. The second-order valence-corrected chi connectivity index (χ2v) is 4.99. The lowest BCUT2D eigenvalue weighted by atomic mass is 10.1. The van der Waals surface area contributed by atoms with E-state index >= 15 is 0 Å². The first kappa shape index (κ1) is 14.2. The Morgan fingerprint density at radius 1 is 1.45 bits per heavy atom. The highest BCUT2D eigenvalue weighted by Gasteiger charge is 2.40. The van der Waals surface area contributed by atoms with Crippen molar-refractivity contribution in [1.82, 2.24) is 4.57 Å². The van der Waals surface area contributed by atoms with Crippen LogP contribution in [0.15, 0.2) is 17.1 Å². The topological polar surface area (TPSA) is 59.3 Å². The van der Waals surface area contributed by atoms with Crippen LogP contribution in [0.2, 0.25) is 0 Å². The number of benzene rings is 1. The summed E-state index contributed by atoms with van der Waals surface area (Å²) in [6.45, 7) is 0. The van der Waals surface area contributed by atoms with E-state index in [2.05, 4.69) is 0 Å². The van der Waals surface area contributed by atoms with Gasteiger partial charge in [-0.05, 0) is 6.07 Å². The first-order valence-corrected chi connectivity index (χ1v) is 6.27. The monoisotopic (exact) mass is 307 g/mol. The Hall–Kier alpha value is -2.75. The van der Waals surface area contributed by atoms with Crippen LogP contribution in [0.4, 0.5) is 13.2 Å². The van der Waals surface area contributed by atoms with E-state index in [0.29, 0.717) is 6.07 Å². The number of aromatic carboxylic acids is 1. The number of carbonyl (C=O) groups is 1. The number of nitrogens with zero attached hydrogens (tertiary/aromatic N) is 1. The molecule has 4 nitrogen and oxygen atoms in total. The third-order valence-electron chi connectivity index (χ3n) is 3.62. The van der Waals surface area contributed by atoms with E-state index in [9.17, 15) is 22.8 Å². The third kappa shape index (κ3) is 1.88. The van der Waals surface area contributed by atoms with E-state index in [1.165, 1.54) is 0 Å². The molecule has 3 rings (SSSR count). The molecule has 1 aromatic heterocycles. The Morgan fingerprint density at radius 2 is 2.09 bits per heavy atom. The molecule has 0 aliphatic heterocycles. The van der Waals surface area contributed by atoms with Gasteiger partial charge in [-0.1, -0.05) is 5.92 Å². The highest BCUT2D eigenvalue weighted by Crippen LogP contribution is 2.41. The summed E-state index contributed by atoms with van der Waals surface area (Å²) < 4.78 is 41.9. The molecule has 1 saturated carbocycles. The molecular formula is C15H8F3NO3. The lowest BCUT2D eigenvalue weighted by Crippen LogP contribution is -2.20. The number of pyridine rings is 1. The molecule has 1 heterocycles. The van der Waals surface area contributed by atoms with Gasteiger partial charge < -0.3 is 9.67 Å². The van der Waals surface area contributed by atoms with Crippen molar-refractivity contribution in [3.05, 3.63) is 45.2 Å². The van der Waals surface area contributed by atoms with Gasteiger partial charge in [0.2, 0.25) is 5.43 Å². The van der Waals surface area contributed by atoms with Crippen molar-refractivity contribution in [3.8, 4) is 12.3 Å². The Kier molecular flexibility index (Phi) is 2.99. The predicted molar refractivity (Wildman–Crippen MR) is 71.6 cm³/mol. The Balaban J connectivity index is 2.54. The summed E-state index contributed by atoms with van der Waals surface area (Å²) in [5.74, 6) is -2.28. The zero-order chi connectivity index (χ0) is 16.2. The minimum absolute atomic E-state index is 0.0834. The van der Waals surface area contributed by atoms with E-state index in [1.54, 1.807) is 0 Å². The minimum Gasteiger partial charge on any atom is -0.477 e. The number of rotatable bonds is 2. The van der Waals surface area contributed by atoms with Gasteiger partial charge in [-0.3, -0.25) is 4.79 Å². The summed E-state index contributed by atoms with van der Waals surface area (Å²) in [7, 11) is 0. The average molecular weight is 307 g/mol. The van der Waals surface area contributed by atoms with Gasteiger partial charge in [0.25, 0.3) is 0 Å². The second-order valence-electron chi connectivity index (χ2n) is 4.99. The molecule has 0 bridgehead atoms. The van der Waals surface area contributed by atoms with Gasteiger partial charge in [0.1, 0.15) is 11.7 Å². The fraction of sp³-hybridized carbons (Fsp3) is 0.200. The van der Waals surface area contributed by atoms with Crippen LogP contribution in [-0.4, -0.2) is 21.8 Å². The van der Waals surface area contributed by atoms with Gasteiger partial charge in [-0.15, -0.1) is 6.42 Å². The molecule has 0 amide bonds. The third-order valence-corrected chi connectivity index (χ3v) is 3.62. The number of hydrogen-bond acceptors (Lipinski definition) is 2. The number of aromatic nitrogens is 1. The molecule has 22 heavy (non-hydrogen) atoms. The molecule has 112 valence electrons. The Bertz CT molecular complexity index is 926. The summed E-state index contributed by atoms with van der Waals surface area (Å²) in [6.07, 6.45) is 4.93. The van der Waals surface area contributed by atoms with Gasteiger partial charge in [0.15, 0.2) is 11.6 Å². The van der Waals surface area contributed by atoms with E-state index < -0.39 is 46.4 Å². The second kappa shape index (κ2) is 4.63. The zero-order valence-corrected chi connectivity index (χ0v) is 10.9.